The predicted octanol–water partition coefficient (Wildman–Crippen LogP) is 2.09. The molecule has 0 saturated carbocycles. The molecule has 1 unspecified atom stereocenters. The number of nitrogens with zero attached hydrogens (tertiary/aromatic N) is 2. The molecule has 1 aliphatic rings. The van der Waals surface area contributed by atoms with Crippen LogP contribution in [0.2, 0.25) is 0 Å². The van der Waals surface area contributed by atoms with Gasteiger partial charge in [-0.05, 0) is 42.8 Å². The molecule has 28 heavy (non-hydrogen) atoms. The molecule has 6 nitrogen and oxygen atoms in total. The number of benzene rings is 2. The van der Waals surface area contributed by atoms with Crippen molar-refractivity contribution in [1.29, 1.82) is 0 Å². The van der Waals surface area contributed by atoms with E-state index in [0.717, 1.165) is 38.2 Å². The summed E-state index contributed by atoms with van der Waals surface area (Å²) in [6, 6.07) is 17.1. The number of carbonyl (C=O) groups is 1. The molecule has 3 rings (SSSR count). The Morgan fingerprint density at radius 1 is 1.18 bits per heavy atom. The Hall–Kier alpha value is -2.41. The summed E-state index contributed by atoms with van der Waals surface area (Å²) in [5.41, 5.74) is 7.91. The second kappa shape index (κ2) is 9.68. The van der Waals surface area contributed by atoms with Crippen molar-refractivity contribution in [3.63, 3.8) is 0 Å². The number of amides is 1. The van der Waals surface area contributed by atoms with Crippen molar-refractivity contribution in [2.75, 3.05) is 38.5 Å². The molecular weight excluding hydrogens is 352 g/mol. The van der Waals surface area contributed by atoms with Crippen molar-refractivity contribution in [3.8, 4) is 0 Å². The van der Waals surface area contributed by atoms with Crippen LogP contribution < -0.4 is 11.1 Å². The summed E-state index contributed by atoms with van der Waals surface area (Å²) in [6.45, 7) is 6.16. The highest BCUT2D eigenvalue weighted by Crippen LogP contribution is 2.19. The minimum absolute atomic E-state index is 0.0605. The highest BCUT2D eigenvalue weighted by molar-refractivity contribution is 5.95. The average Bonchev–Trinajstić information content (AvgIpc) is 2.68. The van der Waals surface area contributed by atoms with Gasteiger partial charge in [0, 0.05) is 43.5 Å². The van der Waals surface area contributed by atoms with Crippen molar-refractivity contribution < 1.29 is 9.90 Å². The van der Waals surface area contributed by atoms with E-state index in [2.05, 4.69) is 17.1 Å². The molecule has 0 spiro atoms. The molecule has 2 aromatic rings. The number of nitrogens with one attached hydrogen (secondary N) is 1. The van der Waals surface area contributed by atoms with Gasteiger partial charge in [-0.3, -0.25) is 15.0 Å². The van der Waals surface area contributed by atoms with Crippen molar-refractivity contribution >= 4 is 11.6 Å². The molecule has 1 aliphatic heterocycles. The topological polar surface area (TPSA) is 81.8 Å². The minimum atomic E-state index is -0.658. The zero-order valence-corrected chi connectivity index (χ0v) is 16.4. The first-order valence-corrected chi connectivity index (χ1v) is 9.93. The fourth-order valence-corrected chi connectivity index (χ4v) is 3.52. The predicted molar refractivity (Wildman–Crippen MR) is 112 cm³/mol. The zero-order valence-electron chi connectivity index (χ0n) is 16.4. The number of aliphatic hydroxyl groups excluding tert-OH is 1. The number of likely N-dealkylation sites (tertiary alicyclic amines) is 1. The third-order valence-electron chi connectivity index (χ3n) is 5.19. The lowest BCUT2D eigenvalue weighted by Crippen LogP contribution is -2.61. The van der Waals surface area contributed by atoms with Gasteiger partial charge in [0.1, 0.15) is 6.23 Å². The molecule has 1 saturated heterocycles. The highest BCUT2D eigenvalue weighted by Gasteiger charge is 2.34. The van der Waals surface area contributed by atoms with Gasteiger partial charge in [-0.1, -0.05) is 37.3 Å². The Kier molecular flexibility index (Phi) is 7.03. The fourth-order valence-electron chi connectivity index (χ4n) is 3.52. The molecule has 1 heterocycles. The van der Waals surface area contributed by atoms with Crippen LogP contribution in [0.15, 0.2) is 54.6 Å². The second-order valence-corrected chi connectivity index (χ2v) is 7.29. The van der Waals surface area contributed by atoms with Gasteiger partial charge in [-0.25, -0.2) is 0 Å². The van der Waals surface area contributed by atoms with Crippen LogP contribution in [0.3, 0.4) is 0 Å². The molecule has 6 heteroatoms. The summed E-state index contributed by atoms with van der Waals surface area (Å²) in [7, 11) is 0. The number of carbonyl (C=O) groups excluding carboxylic acids is 1. The lowest BCUT2D eigenvalue weighted by atomic mass is 10.0. The zero-order chi connectivity index (χ0) is 19.9. The molecule has 1 fully saturated rings. The smallest absolute Gasteiger partial charge is 0.253 e. The van der Waals surface area contributed by atoms with E-state index in [1.807, 2.05) is 35.2 Å². The lowest BCUT2D eigenvalue weighted by Gasteiger charge is -2.45. The van der Waals surface area contributed by atoms with Crippen molar-refractivity contribution in [3.05, 3.63) is 65.7 Å². The molecule has 4 N–H and O–H groups in total. The van der Waals surface area contributed by atoms with Crippen molar-refractivity contribution in [1.82, 2.24) is 15.1 Å². The molecule has 0 radical (unpaired) electrons. The molecule has 150 valence electrons. The van der Waals surface area contributed by atoms with Crippen LogP contribution in [0.4, 0.5) is 5.69 Å². The summed E-state index contributed by atoms with van der Waals surface area (Å²) in [4.78, 5) is 16.8. The van der Waals surface area contributed by atoms with E-state index in [0.29, 0.717) is 23.8 Å². The van der Waals surface area contributed by atoms with Crippen LogP contribution in [0.5, 0.6) is 0 Å². The third kappa shape index (κ3) is 5.10. The normalized spacial score (nSPS) is 15.5. The monoisotopic (exact) mass is 382 g/mol. The molecule has 2 aromatic carbocycles. The Morgan fingerprint density at radius 3 is 2.50 bits per heavy atom. The largest absolute Gasteiger partial charge is 0.399 e. The van der Waals surface area contributed by atoms with Gasteiger partial charge in [-0.2, -0.15) is 0 Å². The summed E-state index contributed by atoms with van der Waals surface area (Å²) in [5, 5.41) is 13.4. The van der Waals surface area contributed by atoms with Gasteiger partial charge >= 0.3 is 0 Å². The Balaban J connectivity index is 1.46. The summed E-state index contributed by atoms with van der Waals surface area (Å²) < 4.78 is 0. The third-order valence-corrected chi connectivity index (χ3v) is 5.19. The van der Waals surface area contributed by atoms with E-state index in [9.17, 15) is 9.90 Å². The van der Waals surface area contributed by atoms with E-state index >= 15 is 0 Å². The van der Waals surface area contributed by atoms with Crippen LogP contribution in [-0.4, -0.2) is 59.6 Å². The van der Waals surface area contributed by atoms with Gasteiger partial charge < -0.3 is 15.7 Å². The van der Waals surface area contributed by atoms with E-state index in [1.54, 1.807) is 24.3 Å². The molecule has 0 aliphatic carbocycles. The first kappa shape index (κ1) is 20.3. The van der Waals surface area contributed by atoms with Gasteiger partial charge in [0.05, 0.1) is 0 Å². The number of rotatable bonds is 9. The first-order valence-electron chi connectivity index (χ1n) is 9.93. The van der Waals surface area contributed by atoms with Crippen LogP contribution in [-0.2, 0) is 0 Å². The van der Waals surface area contributed by atoms with E-state index in [4.69, 9.17) is 5.73 Å². The average molecular weight is 383 g/mol. The minimum Gasteiger partial charge on any atom is -0.399 e. The highest BCUT2D eigenvalue weighted by atomic mass is 16.3. The standard InChI is InChI=1S/C22H30N4O2/c1-2-13-25(14-12-24-21(27)17-6-4-3-5-7-17)20-15-26(16-20)22(28)18-8-10-19(23)11-9-18/h3-11,20-21,24,27H,2,12-16,23H2,1H3. The number of nitrogen functional groups attached to an aromatic ring is 1. The van der Waals surface area contributed by atoms with Crippen LogP contribution in [0, 0.1) is 0 Å². The van der Waals surface area contributed by atoms with Gasteiger partial charge in [-0.15, -0.1) is 0 Å². The maximum Gasteiger partial charge on any atom is 0.253 e. The molecule has 0 bridgehead atoms. The van der Waals surface area contributed by atoms with Gasteiger partial charge in [0.2, 0.25) is 0 Å². The van der Waals surface area contributed by atoms with E-state index < -0.39 is 6.23 Å². The van der Waals surface area contributed by atoms with Crippen LogP contribution >= 0.6 is 0 Å². The summed E-state index contributed by atoms with van der Waals surface area (Å²) in [5.74, 6) is 0.0605. The number of hydrogen-bond acceptors (Lipinski definition) is 5. The summed E-state index contributed by atoms with van der Waals surface area (Å²) >= 11 is 0. The Labute approximate surface area is 166 Å². The maximum atomic E-state index is 12.5. The number of nitrogens with two attached hydrogens (primary N) is 1. The molecule has 1 amide bonds. The number of anilines is 1. The Morgan fingerprint density at radius 2 is 1.86 bits per heavy atom. The lowest BCUT2D eigenvalue weighted by molar-refractivity contribution is 0.0250. The summed E-state index contributed by atoms with van der Waals surface area (Å²) in [6.07, 6.45) is 0.401. The molecule has 0 aromatic heterocycles. The first-order chi connectivity index (χ1) is 13.6. The van der Waals surface area contributed by atoms with Crippen LogP contribution in [0.25, 0.3) is 0 Å². The van der Waals surface area contributed by atoms with Crippen molar-refractivity contribution in [2.24, 2.45) is 0 Å². The molecular formula is C22H30N4O2. The van der Waals surface area contributed by atoms with E-state index in [1.165, 1.54) is 0 Å². The maximum absolute atomic E-state index is 12.5. The van der Waals surface area contributed by atoms with Gasteiger partial charge in [0.15, 0.2) is 0 Å². The fraction of sp³-hybridized carbons (Fsp3) is 0.409. The number of hydrogen-bond donors (Lipinski definition) is 3. The van der Waals surface area contributed by atoms with Gasteiger partial charge in [0.25, 0.3) is 5.91 Å². The second-order valence-electron chi connectivity index (χ2n) is 7.29. The van der Waals surface area contributed by atoms with Crippen LogP contribution in [0.1, 0.15) is 35.5 Å². The Bertz CT molecular complexity index is 745. The number of aliphatic hydroxyl groups is 1. The quantitative estimate of drug-likeness (QED) is 0.457. The molecule has 1 atom stereocenters. The van der Waals surface area contributed by atoms with Crippen molar-refractivity contribution in [2.45, 2.75) is 25.6 Å². The SMILES string of the molecule is CCCN(CCNC(O)c1ccccc1)C1CN(C(=O)c2ccc(N)cc2)C1. The van der Waals surface area contributed by atoms with E-state index in [-0.39, 0.29) is 5.91 Å².